The standard InChI is InChI=1S/C18H17N3O2/c22-17-15-7-8-19-10-16(15)20-18(21-17)23-11-12-5-6-13-3-1-2-4-14(13)9-12/h1-4,7-8,10,12H,5-6,9,11H2,(H,20,21,22). The molecule has 0 aliphatic heterocycles. The Bertz CT molecular complexity index is 904. The molecule has 0 fully saturated rings. The molecule has 0 spiro atoms. The third kappa shape index (κ3) is 2.82. The quantitative estimate of drug-likeness (QED) is 0.807. The Balaban J connectivity index is 1.49. The molecule has 2 aromatic heterocycles. The smallest absolute Gasteiger partial charge is 0.297 e. The summed E-state index contributed by atoms with van der Waals surface area (Å²) in [5.41, 5.74) is 3.20. The van der Waals surface area contributed by atoms with Crippen LogP contribution in [-0.2, 0) is 12.8 Å². The maximum atomic E-state index is 12.0. The van der Waals surface area contributed by atoms with Gasteiger partial charge < -0.3 is 4.74 Å². The number of H-pyrrole nitrogens is 1. The number of pyridine rings is 1. The van der Waals surface area contributed by atoms with Gasteiger partial charge in [-0.3, -0.25) is 14.8 Å². The van der Waals surface area contributed by atoms with E-state index in [4.69, 9.17) is 4.74 Å². The van der Waals surface area contributed by atoms with Gasteiger partial charge in [-0.15, -0.1) is 0 Å². The fourth-order valence-electron chi connectivity index (χ4n) is 3.15. The van der Waals surface area contributed by atoms with E-state index in [-0.39, 0.29) is 11.6 Å². The van der Waals surface area contributed by atoms with Gasteiger partial charge in [-0.05, 0) is 42.4 Å². The minimum absolute atomic E-state index is 0.193. The van der Waals surface area contributed by atoms with Crippen molar-refractivity contribution in [3.05, 3.63) is 64.2 Å². The fraction of sp³-hybridized carbons (Fsp3) is 0.278. The van der Waals surface area contributed by atoms with Crippen LogP contribution in [0.15, 0.2) is 47.5 Å². The summed E-state index contributed by atoms with van der Waals surface area (Å²) in [7, 11) is 0. The minimum Gasteiger partial charge on any atom is -0.464 e. The molecule has 3 aromatic rings. The van der Waals surface area contributed by atoms with Crippen LogP contribution in [0.3, 0.4) is 0 Å². The molecule has 0 amide bonds. The number of ether oxygens (including phenoxy) is 1. The first-order valence-electron chi connectivity index (χ1n) is 7.83. The number of rotatable bonds is 3. The van der Waals surface area contributed by atoms with E-state index in [2.05, 4.69) is 39.2 Å². The van der Waals surface area contributed by atoms with Crippen molar-refractivity contribution in [1.29, 1.82) is 0 Å². The van der Waals surface area contributed by atoms with Crippen LogP contribution in [0.5, 0.6) is 6.01 Å². The van der Waals surface area contributed by atoms with E-state index in [9.17, 15) is 4.79 Å². The van der Waals surface area contributed by atoms with Crippen molar-refractivity contribution in [2.75, 3.05) is 6.61 Å². The molecule has 5 heteroatoms. The maximum Gasteiger partial charge on any atom is 0.297 e. The van der Waals surface area contributed by atoms with E-state index in [0.29, 0.717) is 23.4 Å². The number of fused-ring (bicyclic) bond motifs is 2. The molecule has 0 bridgehead atoms. The summed E-state index contributed by atoms with van der Waals surface area (Å²) in [6.45, 7) is 0.559. The molecule has 116 valence electrons. The van der Waals surface area contributed by atoms with Crippen molar-refractivity contribution >= 4 is 10.9 Å². The molecule has 0 saturated carbocycles. The molecule has 0 saturated heterocycles. The van der Waals surface area contributed by atoms with E-state index in [1.54, 1.807) is 18.5 Å². The highest BCUT2D eigenvalue weighted by Crippen LogP contribution is 2.25. The molecule has 4 rings (SSSR count). The van der Waals surface area contributed by atoms with Crippen LogP contribution in [0, 0.1) is 5.92 Å². The van der Waals surface area contributed by atoms with E-state index >= 15 is 0 Å². The SMILES string of the molecule is O=c1[nH]c(OCC2CCc3ccccc3C2)nc2cnccc12. The second-order valence-corrected chi connectivity index (χ2v) is 5.95. The molecule has 1 unspecified atom stereocenters. The van der Waals surface area contributed by atoms with Crippen molar-refractivity contribution in [1.82, 2.24) is 15.0 Å². The van der Waals surface area contributed by atoms with E-state index in [1.165, 1.54) is 11.1 Å². The van der Waals surface area contributed by atoms with Crippen molar-refractivity contribution in [3.63, 3.8) is 0 Å². The molecule has 0 radical (unpaired) electrons. The van der Waals surface area contributed by atoms with Gasteiger partial charge in [-0.2, -0.15) is 4.98 Å². The number of aromatic amines is 1. The summed E-state index contributed by atoms with van der Waals surface area (Å²) in [5, 5.41) is 0.527. The molecule has 1 atom stereocenters. The van der Waals surface area contributed by atoms with Crippen LogP contribution in [-0.4, -0.2) is 21.6 Å². The van der Waals surface area contributed by atoms with Gasteiger partial charge >= 0.3 is 0 Å². The molecule has 1 N–H and O–H groups in total. The van der Waals surface area contributed by atoms with Crippen molar-refractivity contribution in [2.45, 2.75) is 19.3 Å². The number of aromatic nitrogens is 3. The van der Waals surface area contributed by atoms with E-state index < -0.39 is 0 Å². The first-order valence-corrected chi connectivity index (χ1v) is 7.83. The largest absolute Gasteiger partial charge is 0.464 e. The van der Waals surface area contributed by atoms with Crippen LogP contribution in [0.25, 0.3) is 10.9 Å². The van der Waals surface area contributed by atoms with E-state index in [1.807, 2.05) is 0 Å². The highest BCUT2D eigenvalue weighted by atomic mass is 16.5. The van der Waals surface area contributed by atoms with Crippen molar-refractivity contribution < 1.29 is 4.74 Å². The first-order chi connectivity index (χ1) is 11.3. The number of nitrogens with zero attached hydrogens (tertiary/aromatic N) is 2. The fourth-order valence-corrected chi connectivity index (χ4v) is 3.15. The first kappa shape index (κ1) is 13.9. The van der Waals surface area contributed by atoms with E-state index in [0.717, 1.165) is 19.3 Å². The Kier molecular flexibility index (Phi) is 3.54. The Morgan fingerprint density at radius 3 is 3.00 bits per heavy atom. The summed E-state index contributed by atoms with van der Waals surface area (Å²) in [6, 6.07) is 10.5. The number of hydrogen-bond donors (Lipinski definition) is 1. The van der Waals surface area contributed by atoms with Crippen molar-refractivity contribution in [3.8, 4) is 6.01 Å². The summed E-state index contributed by atoms with van der Waals surface area (Å²) >= 11 is 0. The Morgan fingerprint density at radius 1 is 1.22 bits per heavy atom. The zero-order chi connectivity index (χ0) is 15.6. The lowest BCUT2D eigenvalue weighted by atomic mass is 9.84. The van der Waals surface area contributed by atoms with Gasteiger partial charge in [0, 0.05) is 6.20 Å². The third-order valence-electron chi connectivity index (χ3n) is 4.39. The average molecular weight is 307 g/mol. The monoisotopic (exact) mass is 307 g/mol. The predicted molar refractivity (Wildman–Crippen MR) is 87.6 cm³/mol. The van der Waals surface area contributed by atoms with Gasteiger partial charge in [-0.1, -0.05) is 24.3 Å². The molecular weight excluding hydrogens is 290 g/mol. The normalized spacial score (nSPS) is 17.0. The van der Waals surface area contributed by atoms with Crippen LogP contribution in [0.4, 0.5) is 0 Å². The molecule has 23 heavy (non-hydrogen) atoms. The van der Waals surface area contributed by atoms with Gasteiger partial charge in [-0.25, -0.2) is 0 Å². The number of aryl methyl sites for hydroxylation is 1. The summed E-state index contributed by atoms with van der Waals surface area (Å²) in [5.74, 6) is 0.444. The zero-order valence-corrected chi connectivity index (χ0v) is 12.7. The lowest BCUT2D eigenvalue weighted by Crippen LogP contribution is -2.22. The van der Waals surface area contributed by atoms with Crippen LogP contribution in [0.1, 0.15) is 17.5 Å². The summed E-state index contributed by atoms with van der Waals surface area (Å²) < 4.78 is 5.75. The molecule has 1 aromatic carbocycles. The highest BCUT2D eigenvalue weighted by molar-refractivity contribution is 5.76. The van der Waals surface area contributed by atoms with Gasteiger partial charge in [0.25, 0.3) is 11.6 Å². The summed E-state index contributed by atoms with van der Waals surface area (Å²) in [4.78, 5) is 23.0. The van der Waals surface area contributed by atoms with Gasteiger partial charge in [0.05, 0.1) is 23.7 Å². The second kappa shape index (κ2) is 5.83. The Hall–Kier alpha value is -2.69. The van der Waals surface area contributed by atoms with Gasteiger partial charge in [0.15, 0.2) is 0 Å². The second-order valence-electron chi connectivity index (χ2n) is 5.95. The number of hydrogen-bond acceptors (Lipinski definition) is 4. The molecule has 2 heterocycles. The van der Waals surface area contributed by atoms with Gasteiger partial charge in [0.2, 0.25) is 0 Å². The molecule has 1 aliphatic carbocycles. The zero-order valence-electron chi connectivity index (χ0n) is 12.7. The lowest BCUT2D eigenvalue weighted by Gasteiger charge is -2.24. The van der Waals surface area contributed by atoms with Crippen LogP contribution in [0.2, 0.25) is 0 Å². The Morgan fingerprint density at radius 2 is 2.09 bits per heavy atom. The summed E-state index contributed by atoms with van der Waals surface area (Å²) in [6.07, 6.45) is 6.34. The molecular formula is C18H17N3O2. The number of nitrogens with one attached hydrogen (secondary N) is 1. The third-order valence-corrected chi connectivity index (χ3v) is 4.39. The highest BCUT2D eigenvalue weighted by Gasteiger charge is 2.19. The average Bonchev–Trinajstić information content (AvgIpc) is 2.60. The minimum atomic E-state index is -0.193. The Labute approximate surface area is 133 Å². The number of benzene rings is 1. The van der Waals surface area contributed by atoms with Gasteiger partial charge in [0.1, 0.15) is 0 Å². The lowest BCUT2D eigenvalue weighted by molar-refractivity contribution is 0.219. The maximum absolute atomic E-state index is 12.0. The topological polar surface area (TPSA) is 67.9 Å². The van der Waals surface area contributed by atoms with Crippen LogP contribution >= 0.6 is 0 Å². The predicted octanol–water partition coefficient (Wildman–Crippen LogP) is 2.50. The van der Waals surface area contributed by atoms with Crippen LogP contribution < -0.4 is 10.3 Å². The molecule has 5 nitrogen and oxygen atoms in total. The van der Waals surface area contributed by atoms with Crippen molar-refractivity contribution in [2.24, 2.45) is 5.92 Å². The molecule has 1 aliphatic rings.